The van der Waals surface area contributed by atoms with E-state index in [1.165, 1.54) is 21.0 Å². The maximum Gasteiger partial charge on any atom is 0.0800 e. The standard InChI is InChI=1S/C15H21N3OS/c1-11-4-5-13(20-11)7-18-6-12(10-19-3)14-8-17(2)16-15(14)9-18/h4-5,8,12H,6-7,9-10H2,1-3H3. The zero-order valence-corrected chi connectivity index (χ0v) is 13.1. The predicted molar refractivity (Wildman–Crippen MR) is 81.0 cm³/mol. The molecule has 2 aromatic rings. The van der Waals surface area contributed by atoms with Crippen LogP contribution in [0.25, 0.3) is 0 Å². The molecule has 0 amide bonds. The van der Waals surface area contributed by atoms with Crippen LogP contribution in [0, 0.1) is 6.92 Å². The van der Waals surface area contributed by atoms with Gasteiger partial charge in [0.2, 0.25) is 0 Å². The molecule has 1 unspecified atom stereocenters. The van der Waals surface area contributed by atoms with E-state index in [0.29, 0.717) is 5.92 Å². The highest BCUT2D eigenvalue weighted by atomic mass is 32.1. The summed E-state index contributed by atoms with van der Waals surface area (Å²) < 4.78 is 7.31. The minimum atomic E-state index is 0.429. The molecular weight excluding hydrogens is 270 g/mol. The maximum atomic E-state index is 5.39. The fourth-order valence-electron chi connectivity index (χ4n) is 2.96. The lowest BCUT2D eigenvalue weighted by Crippen LogP contribution is -2.34. The SMILES string of the molecule is COCC1CN(Cc2ccc(C)s2)Cc2nn(C)cc21. The van der Waals surface area contributed by atoms with Crippen molar-refractivity contribution >= 4 is 11.3 Å². The lowest BCUT2D eigenvalue weighted by Gasteiger charge is -2.31. The van der Waals surface area contributed by atoms with Crippen LogP contribution in [0.1, 0.15) is 26.9 Å². The average Bonchev–Trinajstić information content (AvgIpc) is 2.95. The van der Waals surface area contributed by atoms with E-state index in [0.717, 1.165) is 26.2 Å². The first-order valence-corrected chi connectivity index (χ1v) is 7.76. The highest BCUT2D eigenvalue weighted by Gasteiger charge is 2.28. The molecule has 2 aromatic heterocycles. The van der Waals surface area contributed by atoms with E-state index in [1.807, 2.05) is 23.1 Å². The predicted octanol–water partition coefficient (Wildman–Crippen LogP) is 2.54. The lowest BCUT2D eigenvalue weighted by molar-refractivity contribution is 0.136. The average molecular weight is 291 g/mol. The summed E-state index contributed by atoms with van der Waals surface area (Å²) in [6.45, 7) is 5.92. The van der Waals surface area contributed by atoms with Gasteiger partial charge in [-0.3, -0.25) is 9.58 Å². The van der Waals surface area contributed by atoms with E-state index < -0.39 is 0 Å². The number of fused-ring (bicyclic) bond motifs is 1. The van der Waals surface area contributed by atoms with E-state index >= 15 is 0 Å². The first kappa shape index (κ1) is 13.8. The van der Waals surface area contributed by atoms with Crippen molar-refractivity contribution in [1.82, 2.24) is 14.7 Å². The third-order valence-electron chi connectivity index (χ3n) is 3.77. The molecule has 0 aliphatic carbocycles. The lowest BCUT2D eigenvalue weighted by atomic mass is 9.96. The van der Waals surface area contributed by atoms with Crippen molar-refractivity contribution < 1.29 is 4.74 Å². The fourth-order valence-corrected chi connectivity index (χ4v) is 3.89. The summed E-state index contributed by atoms with van der Waals surface area (Å²) in [5, 5.41) is 4.60. The number of methoxy groups -OCH3 is 1. The number of hydrogen-bond donors (Lipinski definition) is 0. The van der Waals surface area contributed by atoms with Gasteiger partial charge in [-0.05, 0) is 19.1 Å². The Labute approximate surface area is 124 Å². The summed E-state index contributed by atoms with van der Waals surface area (Å²) in [5.74, 6) is 0.429. The molecule has 20 heavy (non-hydrogen) atoms. The molecule has 1 aliphatic rings. The zero-order chi connectivity index (χ0) is 14.1. The van der Waals surface area contributed by atoms with Crippen molar-refractivity contribution in [3.05, 3.63) is 39.3 Å². The molecule has 0 spiro atoms. The molecule has 0 radical (unpaired) electrons. The first-order chi connectivity index (χ1) is 9.65. The van der Waals surface area contributed by atoms with Crippen LogP contribution in [0.5, 0.6) is 0 Å². The van der Waals surface area contributed by atoms with Gasteiger partial charge in [-0.15, -0.1) is 11.3 Å². The van der Waals surface area contributed by atoms with E-state index in [-0.39, 0.29) is 0 Å². The molecule has 108 valence electrons. The molecule has 1 aliphatic heterocycles. The van der Waals surface area contributed by atoms with E-state index in [2.05, 4.69) is 35.3 Å². The smallest absolute Gasteiger partial charge is 0.0800 e. The summed E-state index contributed by atoms with van der Waals surface area (Å²) >= 11 is 1.88. The van der Waals surface area contributed by atoms with Crippen LogP contribution in [0.15, 0.2) is 18.3 Å². The monoisotopic (exact) mass is 291 g/mol. The zero-order valence-electron chi connectivity index (χ0n) is 12.3. The summed E-state index contributed by atoms with van der Waals surface area (Å²) in [7, 11) is 3.77. The van der Waals surface area contributed by atoms with Crippen molar-refractivity contribution in [3.8, 4) is 0 Å². The van der Waals surface area contributed by atoms with Gasteiger partial charge in [0.1, 0.15) is 0 Å². The quantitative estimate of drug-likeness (QED) is 0.867. The number of hydrogen-bond acceptors (Lipinski definition) is 4. The van der Waals surface area contributed by atoms with E-state index in [4.69, 9.17) is 4.74 Å². The Hall–Kier alpha value is -1.17. The number of aryl methyl sites for hydroxylation is 2. The van der Waals surface area contributed by atoms with Crippen molar-refractivity contribution in [2.24, 2.45) is 7.05 Å². The van der Waals surface area contributed by atoms with Crippen LogP contribution in [0.4, 0.5) is 0 Å². The van der Waals surface area contributed by atoms with Crippen LogP contribution in [-0.4, -0.2) is 34.9 Å². The summed E-state index contributed by atoms with van der Waals surface area (Å²) in [6, 6.07) is 4.43. The minimum absolute atomic E-state index is 0.429. The van der Waals surface area contributed by atoms with Crippen molar-refractivity contribution in [2.75, 3.05) is 20.3 Å². The van der Waals surface area contributed by atoms with Crippen molar-refractivity contribution in [3.63, 3.8) is 0 Å². The molecule has 3 rings (SSSR count). The van der Waals surface area contributed by atoms with Crippen molar-refractivity contribution in [1.29, 1.82) is 0 Å². The van der Waals surface area contributed by atoms with Gasteiger partial charge in [0.15, 0.2) is 0 Å². The Morgan fingerprint density at radius 3 is 3.00 bits per heavy atom. The normalized spacial score (nSPS) is 19.2. The molecule has 0 N–H and O–H groups in total. The molecule has 0 fully saturated rings. The molecular formula is C15H21N3OS. The van der Waals surface area contributed by atoms with E-state index in [9.17, 15) is 0 Å². The van der Waals surface area contributed by atoms with Gasteiger partial charge < -0.3 is 4.74 Å². The maximum absolute atomic E-state index is 5.39. The molecule has 0 saturated carbocycles. The topological polar surface area (TPSA) is 30.3 Å². The van der Waals surface area contributed by atoms with Gasteiger partial charge in [0.25, 0.3) is 0 Å². The van der Waals surface area contributed by atoms with Gasteiger partial charge in [0.05, 0.1) is 12.3 Å². The molecule has 5 heteroatoms. The number of nitrogens with zero attached hydrogens (tertiary/aromatic N) is 3. The number of thiophene rings is 1. The fraction of sp³-hybridized carbons (Fsp3) is 0.533. The van der Waals surface area contributed by atoms with Crippen molar-refractivity contribution in [2.45, 2.75) is 25.9 Å². The molecule has 0 aromatic carbocycles. The second-order valence-corrected chi connectivity index (χ2v) is 6.91. The molecule has 4 nitrogen and oxygen atoms in total. The van der Waals surface area contributed by atoms with Gasteiger partial charge in [0, 0.05) is 61.2 Å². The van der Waals surface area contributed by atoms with Crippen LogP contribution in [0.3, 0.4) is 0 Å². The van der Waals surface area contributed by atoms with Crippen LogP contribution in [0.2, 0.25) is 0 Å². The Morgan fingerprint density at radius 1 is 1.45 bits per heavy atom. The third-order valence-corrected chi connectivity index (χ3v) is 4.76. The molecule has 0 saturated heterocycles. The van der Waals surface area contributed by atoms with Gasteiger partial charge in [-0.25, -0.2) is 0 Å². The molecule has 0 bridgehead atoms. The molecule has 3 heterocycles. The number of ether oxygens (including phenoxy) is 1. The van der Waals surface area contributed by atoms with Gasteiger partial charge >= 0.3 is 0 Å². The second-order valence-electron chi connectivity index (χ2n) is 5.54. The van der Waals surface area contributed by atoms with Gasteiger partial charge in [-0.1, -0.05) is 0 Å². The highest BCUT2D eigenvalue weighted by Crippen LogP contribution is 2.29. The Bertz CT molecular complexity index is 590. The Balaban J connectivity index is 1.78. The minimum Gasteiger partial charge on any atom is -0.384 e. The summed E-state index contributed by atoms with van der Waals surface area (Å²) in [4.78, 5) is 5.28. The summed E-state index contributed by atoms with van der Waals surface area (Å²) in [6.07, 6.45) is 2.14. The highest BCUT2D eigenvalue weighted by molar-refractivity contribution is 7.11. The first-order valence-electron chi connectivity index (χ1n) is 6.94. The Morgan fingerprint density at radius 2 is 2.30 bits per heavy atom. The third kappa shape index (κ3) is 2.80. The number of aromatic nitrogens is 2. The molecule has 1 atom stereocenters. The van der Waals surface area contributed by atoms with Gasteiger partial charge in [-0.2, -0.15) is 5.10 Å². The Kier molecular flexibility index (Phi) is 3.92. The van der Waals surface area contributed by atoms with Crippen LogP contribution >= 0.6 is 11.3 Å². The number of rotatable bonds is 4. The van der Waals surface area contributed by atoms with Crippen LogP contribution in [-0.2, 0) is 24.9 Å². The summed E-state index contributed by atoms with van der Waals surface area (Å²) in [5.41, 5.74) is 2.56. The van der Waals surface area contributed by atoms with E-state index in [1.54, 1.807) is 7.11 Å². The van der Waals surface area contributed by atoms with Crippen LogP contribution < -0.4 is 0 Å². The largest absolute Gasteiger partial charge is 0.384 e. The second kappa shape index (κ2) is 5.68.